The summed E-state index contributed by atoms with van der Waals surface area (Å²) in [5, 5.41) is 6.10. The zero-order valence-electron chi connectivity index (χ0n) is 17.5. The average Bonchev–Trinajstić information content (AvgIpc) is 3.34. The van der Waals surface area contributed by atoms with E-state index in [0.717, 1.165) is 31.9 Å². The van der Waals surface area contributed by atoms with Crippen LogP contribution in [-0.2, 0) is 10.1 Å². The summed E-state index contributed by atoms with van der Waals surface area (Å²) in [6, 6.07) is 4.63. The van der Waals surface area contributed by atoms with Crippen molar-refractivity contribution in [1.29, 1.82) is 0 Å². The molecule has 1 saturated carbocycles. The SMILES string of the molecule is CS(=O)(=O)Oc1cc(Nc2ncc(C(N)=O)c(NC3CC3)n2)cc(C(=O)N2CCCC2)c1. The van der Waals surface area contributed by atoms with Gasteiger partial charge in [-0.15, -0.1) is 0 Å². The second-order valence-electron chi connectivity index (χ2n) is 7.90. The highest BCUT2D eigenvalue weighted by molar-refractivity contribution is 7.86. The maximum atomic E-state index is 12.9. The van der Waals surface area contributed by atoms with Crippen molar-refractivity contribution in [2.75, 3.05) is 30.0 Å². The fourth-order valence-corrected chi connectivity index (χ4v) is 3.85. The van der Waals surface area contributed by atoms with Gasteiger partial charge in [-0.2, -0.15) is 13.4 Å². The van der Waals surface area contributed by atoms with Gasteiger partial charge in [-0.1, -0.05) is 0 Å². The molecule has 2 amide bonds. The molecule has 11 nitrogen and oxygen atoms in total. The van der Waals surface area contributed by atoms with Crippen LogP contribution >= 0.6 is 0 Å². The molecular formula is C20H24N6O5S. The Morgan fingerprint density at radius 1 is 1.19 bits per heavy atom. The molecule has 2 heterocycles. The second kappa shape index (κ2) is 8.61. The molecule has 0 atom stereocenters. The minimum atomic E-state index is -3.80. The summed E-state index contributed by atoms with van der Waals surface area (Å²) in [5.74, 6) is -0.416. The van der Waals surface area contributed by atoms with Gasteiger partial charge in [-0.3, -0.25) is 9.59 Å². The van der Waals surface area contributed by atoms with Gasteiger partial charge in [0.15, 0.2) is 0 Å². The Balaban J connectivity index is 1.65. The van der Waals surface area contributed by atoms with Crippen LogP contribution < -0.4 is 20.6 Å². The molecule has 1 saturated heterocycles. The number of carbonyl (C=O) groups excluding carboxylic acids is 2. The van der Waals surface area contributed by atoms with E-state index in [9.17, 15) is 18.0 Å². The zero-order valence-corrected chi connectivity index (χ0v) is 18.3. The van der Waals surface area contributed by atoms with E-state index in [1.54, 1.807) is 11.0 Å². The number of nitrogens with zero attached hydrogens (tertiary/aromatic N) is 3. The Labute approximate surface area is 185 Å². The number of primary amides is 1. The number of nitrogens with two attached hydrogens (primary N) is 1. The molecular weight excluding hydrogens is 436 g/mol. The van der Waals surface area contributed by atoms with Crippen molar-refractivity contribution in [3.8, 4) is 5.75 Å². The molecule has 2 aliphatic rings. The zero-order chi connectivity index (χ0) is 22.9. The van der Waals surface area contributed by atoms with Crippen LogP contribution in [0, 0.1) is 0 Å². The third-order valence-electron chi connectivity index (χ3n) is 5.02. The third kappa shape index (κ3) is 5.44. The van der Waals surface area contributed by atoms with Crippen LogP contribution in [0.15, 0.2) is 24.4 Å². The van der Waals surface area contributed by atoms with Gasteiger partial charge < -0.3 is 25.5 Å². The summed E-state index contributed by atoms with van der Waals surface area (Å²) in [4.78, 5) is 34.7. The van der Waals surface area contributed by atoms with Crippen molar-refractivity contribution >= 4 is 39.4 Å². The predicted molar refractivity (Wildman–Crippen MR) is 118 cm³/mol. The highest BCUT2D eigenvalue weighted by atomic mass is 32.2. The van der Waals surface area contributed by atoms with Crippen molar-refractivity contribution in [3.05, 3.63) is 35.5 Å². The number of aromatic nitrogens is 2. The monoisotopic (exact) mass is 460 g/mol. The van der Waals surface area contributed by atoms with E-state index in [1.807, 2.05) is 0 Å². The molecule has 1 aliphatic carbocycles. The van der Waals surface area contributed by atoms with Gasteiger partial charge in [-0.05, 0) is 37.8 Å². The van der Waals surface area contributed by atoms with Gasteiger partial charge in [0.1, 0.15) is 11.6 Å². The molecule has 2 aromatic rings. The van der Waals surface area contributed by atoms with Crippen molar-refractivity contribution in [1.82, 2.24) is 14.9 Å². The van der Waals surface area contributed by atoms with Crippen LogP contribution in [0.2, 0.25) is 0 Å². The fourth-order valence-electron chi connectivity index (χ4n) is 3.40. The third-order valence-corrected chi connectivity index (χ3v) is 5.52. The van der Waals surface area contributed by atoms with E-state index in [1.165, 1.54) is 18.3 Å². The normalized spacial score (nSPS) is 16.0. The maximum Gasteiger partial charge on any atom is 0.306 e. The van der Waals surface area contributed by atoms with E-state index in [-0.39, 0.29) is 34.8 Å². The summed E-state index contributed by atoms with van der Waals surface area (Å²) >= 11 is 0. The van der Waals surface area contributed by atoms with E-state index in [4.69, 9.17) is 9.92 Å². The lowest BCUT2D eigenvalue weighted by atomic mass is 10.1. The smallest absolute Gasteiger partial charge is 0.306 e. The summed E-state index contributed by atoms with van der Waals surface area (Å²) in [7, 11) is -3.80. The van der Waals surface area contributed by atoms with Crippen LogP contribution in [0.4, 0.5) is 17.5 Å². The second-order valence-corrected chi connectivity index (χ2v) is 9.47. The standard InChI is InChI=1S/C20H24N6O5S/c1-32(29,30)31-15-9-12(19(28)26-6-2-3-7-26)8-14(10-15)24-20-22-11-16(17(21)27)18(25-20)23-13-4-5-13/h8-11,13H,2-7H2,1H3,(H2,21,27)(H2,22,23,24,25). The van der Waals surface area contributed by atoms with Crippen LogP contribution in [0.5, 0.6) is 5.75 Å². The quantitative estimate of drug-likeness (QED) is 0.496. The summed E-state index contributed by atoms with van der Waals surface area (Å²) in [6.07, 6.45) is 6.03. The molecule has 170 valence electrons. The van der Waals surface area contributed by atoms with Crippen molar-refractivity contribution < 1.29 is 22.2 Å². The van der Waals surface area contributed by atoms with Crippen molar-refractivity contribution in [3.63, 3.8) is 0 Å². The Hall–Kier alpha value is -3.41. The predicted octanol–water partition coefficient (Wildman–Crippen LogP) is 1.47. The Bertz CT molecular complexity index is 1160. The molecule has 0 unspecified atom stereocenters. The van der Waals surface area contributed by atoms with Crippen molar-refractivity contribution in [2.45, 2.75) is 31.7 Å². The Morgan fingerprint density at radius 2 is 1.91 bits per heavy atom. The van der Waals surface area contributed by atoms with Gasteiger partial charge >= 0.3 is 10.1 Å². The maximum absolute atomic E-state index is 12.9. The molecule has 0 bridgehead atoms. The average molecular weight is 461 g/mol. The molecule has 4 rings (SSSR count). The molecule has 0 spiro atoms. The topological polar surface area (TPSA) is 157 Å². The molecule has 2 fully saturated rings. The molecule has 32 heavy (non-hydrogen) atoms. The number of hydrogen-bond donors (Lipinski definition) is 3. The first-order valence-electron chi connectivity index (χ1n) is 10.2. The summed E-state index contributed by atoms with van der Waals surface area (Å²) in [5.41, 5.74) is 6.22. The fraction of sp³-hybridized carbons (Fsp3) is 0.400. The first-order valence-corrected chi connectivity index (χ1v) is 12.0. The first kappa shape index (κ1) is 21.8. The minimum Gasteiger partial charge on any atom is -0.383 e. The van der Waals surface area contributed by atoms with E-state index in [2.05, 4.69) is 20.6 Å². The molecule has 12 heteroatoms. The highest BCUT2D eigenvalue weighted by Crippen LogP contribution is 2.28. The first-order chi connectivity index (χ1) is 15.2. The summed E-state index contributed by atoms with van der Waals surface area (Å²) < 4.78 is 28.3. The van der Waals surface area contributed by atoms with E-state index in [0.29, 0.717) is 24.6 Å². The lowest BCUT2D eigenvalue weighted by molar-refractivity contribution is 0.0792. The van der Waals surface area contributed by atoms with Gasteiger partial charge in [-0.25, -0.2) is 4.98 Å². The van der Waals surface area contributed by atoms with Crippen molar-refractivity contribution in [2.24, 2.45) is 5.73 Å². The largest absolute Gasteiger partial charge is 0.383 e. The number of nitrogens with one attached hydrogen (secondary N) is 2. The molecule has 1 aromatic carbocycles. The Kier molecular flexibility index (Phi) is 5.87. The number of likely N-dealkylation sites (tertiary alicyclic amines) is 1. The van der Waals surface area contributed by atoms with Gasteiger partial charge in [0.25, 0.3) is 11.8 Å². The van der Waals surface area contributed by atoms with Crippen LogP contribution in [0.25, 0.3) is 0 Å². The van der Waals surface area contributed by atoms with E-state index < -0.39 is 16.0 Å². The highest BCUT2D eigenvalue weighted by Gasteiger charge is 2.25. The van der Waals surface area contributed by atoms with Crippen LogP contribution in [0.3, 0.4) is 0 Å². The van der Waals surface area contributed by atoms with E-state index >= 15 is 0 Å². The van der Waals surface area contributed by atoms with Crippen LogP contribution in [0.1, 0.15) is 46.4 Å². The number of rotatable bonds is 8. The number of carbonyl (C=O) groups is 2. The lowest BCUT2D eigenvalue weighted by Crippen LogP contribution is -2.27. The summed E-state index contributed by atoms with van der Waals surface area (Å²) in [6.45, 7) is 1.29. The van der Waals surface area contributed by atoms with Gasteiger partial charge in [0.05, 0.1) is 11.8 Å². The molecule has 1 aliphatic heterocycles. The molecule has 1 aromatic heterocycles. The lowest BCUT2D eigenvalue weighted by Gasteiger charge is -2.17. The Morgan fingerprint density at radius 3 is 2.53 bits per heavy atom. The molecule has 0 radical (unpaired) electrons. The number of anilines is 3. The van der Waals surface area contributed by atoms with Gasteiger partial charge in [0, 0.05) is 42.6 Å². The number of benzene rings is 1. The number of amides is 2. The van der Waals surface area contributed by atoms with Crippen LogP contribution in [-0.4, -0.2) is 60.5 Å². The van der Waals surface area contributed by atoms with Gasteiger partial charge in [0.2, 0.25) is 5.95 Å². The molecule has 4 N–H and O–H groups in total. The minimum absolute atomic E-state index is 0.00914. The number of hydrogen-bond acceptors (Lipinski definition) is 9.